The highest BCUT2D eigenvalue weighted by Crippen LogP contribution is 1.82. The van der Waals surface area contributed by atoms with Crippen molar-refractivity contribution in [3.05, 3.63) is 12.2 Å². The summed E-state index contributed by atoms with van der Waals surface area (Å²) in [5, 5.41) is 7.91. The van der Waals surface area contributed by atoms with Crippen molar-refractivity contribution in [2.24, 2.45) is 5.73 Å². The third-order valence-electron chi connectivity index (χ3n) is 0.795. The Labute approximate surface area is 72.1 Å². The van der Waals surface area contributed by atoms with E-state index in [9.17, 15) is 9.59 Å². The van der Waals surface area contributed by atoms with Crippen LogP contribution in [-0.2, 0) is 9.59 Å². The fourth-order valence-electron chi connectivity index (χ4n) is 0.378. The Bertz CT molecular complexity index is 164. The Hall–Kier alpha value is -1.32. The molecule has 0 unspecified atom stereocenters. The number of carbonyl (C=O) groups excluding carboxylic acids is 1. The Morgan fingerprint density at radius 2 is 2.00 bits per heavy atom. The van der Waals surface area contributed by atoms with Crippen LogP contribution in [0.3, 0.4) is 0 Å². The van der Waals surface area contributed by atoms with Crippen LogP contribution in [0, 0.1) is 0 Å². The molecule has 0 radical (unpaired) electrons. The molecule has 4 nitrogen and oxygen atoms in total. The summed E-state index contributed by atoms with van der Waals surface area (Å²) in [4.78, 5) is 19.3. The summed E-state index contributed by atoms with van der Waals surface area (Å²) in [7, 11) is 0. The van der Waals surface area contributed by atoms with Crippen molar-refractivity contribution >= 4 is 11.9 Å². The normalized spacial score (nSPS) is 8.83. The lowest BCUT2D eigenvalue weighted by Gasteiger charge is -1.79. The van der Waals surface area contributed by atoms with E-state index in [1.54, 1.807) is 13.0 Å². The van der Waals surface area contributed by atoms with Gasteiger partial charge in [0.15, 0.2) is 0 Å². The van der Waals surface area contributed by atoms with E-state index < -0.39 is 11.9 Å². The van der Waals surface area contributed by atoms with Gasteiger partial charge in [-0.2, -0.15) is 0 Å². The molecule has 1 amide bonds. The number of aliphatic carboxylic acids is 1. The van der Waals surface area contributed by atoms with Crippen molar-refractivity contribution in [3.63, 3.8) is 0 Å². The number of primary amides is 1. The van der Waals surface area contributed by atoms with Crippen molar-refractivity contribution in [2.75, 3.05) is 0 Å². The van der Waals surface area contributed by atoms with E-state index >= 15 is 0 Å². The van der Waals surface area contributed by atoms with Crippen LogP contribution < -0.4 is 5.73 Å². The number of hydrogen-bond acceptors (Lipinski definition) is 2. The van der Waals surface area contributed by atoms with E-state index in [0.29, 0.717) is 6.42 Å². The summed E-state index contributed by atoms with van der Waals surface area (Å²) in [6, 6.07) is 0. The summed E-state index contributed by atoms with van der Waals surface area (Å²) < 4.78 is 0. The highest BCUT2D eigenvalue weighted by molar-refractivity contribution is 5.85. The largest absolute Gasteiger partial charge is 0.481 e. The molecule has 70 valence electrons. The zero-order valence-electron chi connectivity index (χ0n) is 7.41. The number of carboxylic acid groups (broad SMARTS) is 1. The first-order valence-electron chi connectivity index (χ1n) is 3.68. The Morgan fingerprint density at radius 3 is 2.00 bits per heavy atom. The number of rotatable bonds is 3. The summed E-state index contributed by atoms with van der Waals surface area (Å²) >= 11 is 0. The molecule has 4 heteroatoms. The fraction of sp³-hybridized carbons (Fsp3) is 0.500. The number of hydrogen-bond donors (Lipinski definition) is 2. The van der Waals surface area contributed by atoms with E-state index in [1.807, 2.05) is 6.92 Å². The zero-order chi connectivity index (χ0) is 9.98. The van der Waals surface area contributed by atoms with Gasteiger partial charge in [-0.3, -0.25) is 9.59 Å². The standard InChI is InChI=1S/C4H7NO.C4H8O2/c2*1-2-3-4(5)6/h2-3H,1H3,(H2,5,6);2-3H2,1H3,(H,5,6). The Kier molecular flexibility index (Phi) is 10.7. The number of carbonyl (C=O) groups is 2. The average Bonchev–Trinajstić information content (AvgIpc) is 1.87. The summed E-state index contributed by atoms with van der Waals surface area (Å²) in [6.45, 7) is 3.58. The number of amides is 1. The zero-order valence-corrected chi connectivity index (χ0v) is 7.41. The molecule has 0 aliphatic heterocycles. The molecule has 12 heavy (non-hydrogen) atoms. The third-order valence-corrected chi connectivity index (χ3v) is 0.795. The van der Waals surface area contributed by atoms with Crippen LogP contribution in [-0.4, -0.2) is 17.0 Å². The molecule has 0 atom stereocenters. The topological polar surface area (TPSA) is 80.4 Å². The molecule has 0 aromatic carbocycles. The van der Waals surface area contributed by atoms with E-state index in [-0.39, 0.29) is 0 Å². The molecule has 0 saturated heterocycles. The SMILES string of the molecule is CC=CC(N)=O.CCCC(=O)O. The van der Waals surface area contributed by atoms with Crippen molar-refractivity contribution < 1.29 is 14.7 Å². The maximum Gasteiger partial charge on any atom is 0.303 e. The predicted octanol–water partition coefficient (Wildman–Crippen LogP) is 0.919. The molecule has 0 heterocycles. The Balaban J connectivity index is 0. The first-order chi connectivity index (χ1) is 5.54. The van der Waals surface area contributed by atoms with Crippen LogP contribution in [0.2, 0.25) is 0 Å². The molecule has 0 aromatic rings. The van der Waals surface area contributed by atoms with Crippen LogP contribution in [0.5, 0.6) is 0 Å². The lowest BCUT2D eigenvalue weighted by molar-refractivity contribution is -0.137. The monoisotopic (exact) mass is 173 g/mol. The molecule has 0 rings (SSSR count). The van der Waals surface area contributed by atoms with Gasteiger partial charge in [0.2, 0.25) is 5.91 Å². The first kappa shape index (κ1) is 13.3. The average molecular weight is 173 g/mol. The van der Waals surface area contributed by atoms with Gasteiger partial charge >= 0.3 is 5.97 Å². The highest BCUT2D eigenvalue weighted by atomic mass is 16.4. The minimum atomic E-state index is -0.711. The number of carboxylic acids is 1. The van der Waals surface area contributed by atoms with Gasteiger partial charge in [-0.15, -0.1) is 0 Å². The molecule has 0 fully saturated rings. The highest BCUT2D eigenvalue weighted by Gasteiger charge is 1.87. The summed E-state index contributed by atoms with van der Waals surface area (Å²) in [6.07, 6.45) is 3.93. The smallest absolute Gasteiger partial charge is 0.303 e. The Morgan fingerprint density at radius 1 is 1.50 bits per heavy atom. The van der Waals surface area contributed by atoms with Crippen molar-refractivity contribution in [2.45, 2.75) is 26.7 Å². The van der Waals surface area contributed by atoms with Gasteiger partial charge in [-0.05, 0) is 19.4 Å². The molecule has 0 aromatic heterocycles. The van der Waals surface area contributed by atoms with Gasteiger partial charge < -0.3 is 10.8 Å². The minimum absolute atomic E-state index is 0.292. The van der Waals surface area contributed by atoms with Crippen molar-refractivity contribution in [3.8, 4) is 0 Å². The van der Waals surface area contributed by atoms with Gasteiger partial charge in [0.25, 0.3) is 0 Å². The quantitative estimate of drug-likeness (QED) is 0.622. The van der Waals surface area contributed by atoms with E-state index in [1.165, 1.54) is 6.08 Å². The fourth-order valence-corrected chi connectivity index (χ4v) is 0.378. The van der Waals surface area contributed by atoms with Gasteiger partial charge in [-0.25, -0.2) is 0 Å². The van der Waals surface area contributed by atoms with Crippen LogP contribution >= 0.6 is 0 Å². The molecular formula is C8H15NO3. The predicted molar refractivity (Wildman–Crippen MR) is 46.6 cm³/mol. The molecular weight excluding hydrogens is 158 g/mol. The maximum atomic E-state index is 9.73. The second kappa shape index (κ2) is 9.68. The van der Waals surface area contributed by atoms with Gasteiger partial charge in [-0.1, -0.05) is 13.0 Å². The number of nitrogens with two attached hydrogens (primary N) is 1. The summed E-state index contributed by atoms with van der Waals surface area (Å²) in [5.41, 5.74) is 4.68. The van der Waals surface area contributed by atoms with Crippen molar-refractivity contribution in [1.29, 1.82) is 0 Å². The van der Waals surface area contributed by atoms with Crippen LogP contribution in [0.1, 0.15) is 26.7 Å². The molecule has 0 aliphatic carbocycles. The minimum Gasteiger partial charge on any atom is -0.481 e. The summed E-state index contributed by atoms with van der Waals surface area (Å²) in [5.74, 6) is -1.10. The van der Waals surface area contributed by atoms with Gasteiger partial charge in [0, 0.05) is 6.42 Å². The van der Waals surface area contributed by atoms with E-state index in [0.717, 1.165) is 6.42 Å². The molecule has 0 bridgehead atoms. The van der Waals surface area contributed by atoms with E-state index in [2.05, 4.69) is 5.73 Å². The van der Waals surface area contributed by atoms with E-state index in [4.69, 9.17) is 5.11 Å². The molecule has 0 spiro atoms. The second-order valence-corrected chi connectivity index (χ2v) is 2.05. The maximum absolute atomic E-state index is 9.73. The lowest BCUT2D eigenvalue weighted by Crippen LogP contribution is -2.04. The van der Waals surface area contributed by atoms with Gasteiger partial charge in [0.05, 0.1) is 0 Å². The molecule has 0 saturated carbocycles. The van der Waals surface area contributed by atoms with Crippen LogP contribution in [0.15, 0.2) is 12.2 Å². The van der Waals surface area contributed by atoms with Crippen molar-refractivity contribution in [1.82, 2.24) is 0 Å². The third kappa shape index (κ3) is 23.4. The second-order valence-electron chi connectivity index (χ2n) is 2.05. The van der Waals surface area contributed by atoms with Gasteiger partial charge in [0.1, 0.15) is 0 Å². The van der Waals surface area contributed by atoms with Crippen LogP contribution in [0.4, 0.5) is 0 Å². The van der Waals surface area contributed by atoms with Crippen LogP contribution in [0.25, 0.3) is 0 Å². The molecule has 0 aliphatic rings. The lowest BCUT2D eigenvalue weighted by atomic mass is 10.4. The molecule has 3 N–H and O–H groups in total. The first-order valence-corrected chi connectivity index (χ1v) is 3.68. The number of allylic oxidation sites excluding steroid dienone is 1.